The number of aromatic nitrogens is 3. The van der Waals surface area contributed by atoms with Gasteiger partial charge in [0.05, 0.1) is 22.8 Å². The van der Waals surface area contributed by atoms with Crippen LogP contribution >= 0.6 is 0 Å². The molecule has 0 saturated carbocycles. The van der Waals surface area contributed by atoms with Crippen molar-refractivity contribution in [2.24, 2.45) is 0 Å². The molecule has 0 aliphatic carbocycles. The quantitative estimate of drug-likeness (QED) is 0.460. The fraction of sp³-hybridized carbons (Fsp3) is 0.231. The monoisotopic (exact) mass is 458 g/mol. The van der Waals surface area contributed by atoms with Gasteiger partial charge in [-0.3, -0.25) is 14.2 Å². The van der Waals surface area contributed by atoms with Gasteiger partial charge in [0.2, 0.25) is 5.88 Å². The van der Waals surface area contributed by atoms with Crippen LogP contribution in [0.2, 0.25) is 0 Å². The number of nitrogens with one attached hydrogen (secondary N) is 1. The minimum absolute atomic E-state index is 0.0465. The van der Waals surface area contributed by atoms with E-state index in [0.29, 0.717) is 40.3 Å². The van der Waals surface area contributed by atoms with E-state index in [9.17, 15) is 14.0 Å². The van der Waals surface area contributed by atoms with Gasteiger partial charge in [-0.15, -0.1) is 0 Å². The molecule has 1 amide bonds. The summed E-state index contributed by atoms with van der Waals surface area (Å²) in [6.45, 7) is 0.688. The molecule has 2 aromatic heterocycles. The van der Waals surface area contributed by atoms with Crippen molar-refractivity contribution >= 4 is 22.5 Å². The van der Waals surface area contributed by atoms with Gasteiger partial charge >= 0.3 is 0 Å². The van der Waals surface area contributed by atoms with E-state index < -0.39 is 0 Å². The van der Waals surface area contributed by atoms with Crippen LogP contribution < -0.4 is 15.6 Å². The summed E-state index contributed by atoms with van der Waals surface area (Å²) < 4.78 is 20.4. The first kappa shape index (κ1) is 21.8. The zero-order valence-electron chi connectivity index (χ0n) is 18.5. The zero-order chi connectivity index (χ0) is 23.5. The third-order valence-corrected chi connectivity index (χ3v) is 5.86. The Labute approximate surface area is 195 Å². The molecular formula is C26H23FN4O3. The molecule has 3 heterocycles. The molecule has 2 aromatic carbocycles. The van der Waals surface area contributed by atoms with Crippen LogP contribution in [0.15, 0.2) is 65.6 Å². The standard InChI is InChI=1S/C26H23FN4O3/c27-18-7-10-20(11-8-18)34-24-13-9-19(16-28-24)29-25(32)17-6-12-21-22(15-17)30-23-5-3-1-2-4-14-31(23)26(21)33/h6-13,15-16H,1-5,14H2,(H,29,32). The zero-order valence-corrected chi connectivity index (χ0v) is 18.5. The van der Waals surface area contributed by atoms with Crippen LogP contribution in [0, 0.1) is 5.82 Å². The molecule has 0 radical (unpaired) electrons. The van der Waals surface area contributed by atoms with Crippen molar-refractivity contribution in [2.75, 3.05) is 5.32 Å². The summed E-state index contributed by atoms with van der Waals surface area (Å²) in [5.41, 5.74) is 1.38. The Morgan fingerprint density at radius 3 is 2.62 bits per heavy atom. The lowest BCUT2D eigenvalue weighted by atomic mass is 10.1. The van der Waals surface area contributed by atoms with Crippen molar-refractivity contribution in [3.05, 3.63) is 88.4 Å². The van der Waals surface area contributed by atoms with Crippen molar-refractivity contribution < 1.29 is 13.9 Å². The summed E-state index contributed by atoms with van der Waals surface area (Å²) in [5.74, 6) is 0.883. The van der Waals surface area contributed by atoms with Gasteiger partial charge in [0.15, 0.2) is 0 Å². The first-order valence-corrected chi connectivity index (χ1v) is 11.3. The minimum atomic E-state index is -0.349. The van der Waals surface area contributed by atoms with Crippen LogP contribution in [-0.2, 0) is 13.0 Å². The topological polar surface area (TPSA) is 86.1 Å². The normalized spacial score (nSPS) is 13.6. The Kier molecular flexibility index (Phi) is 6.03. The van der Waals surface area contributed by atoms with Gasteiger partial charge in [0, 0.05) is 24.6 Å². The molecular weight excluding hydrogens is 435 g/mol. The van der Waals surface area contributed by atoms with E-state index >= 15 is 0 Å². The van der Waals surface area contributed by atoms with Gasteiger partial charge in [-0.2, -0.15) is 0 Å². The maximum absolute atomic E-state index is 13.0. The van der Waals surface area contributed by atoms with Crippen LogP contribution in [0.5, 0.6) is 11.6 Å². The number of fused-ring (bicyclic) bond motifs is 2. The summed E-state index contributed by atoms with van der Waals surface area (Å²) in [6.07, 6.45) is 6.48. The van der Waals surface area contributed by atoms with Crippen molar-refractivity contribution in [1.82, 2.24) is 14.5 Å². The van der Waals surface area contributed by atoms with Gasteiger partial charge < -0.3 is 10.1 Å². The molecule has 8 heteroatoms. The lowest BCUT2D eigenvalue weighted by Crippen LogP contribution is -2.26. The summed E-state index contributed by atoms with van der Waals surface area (Å²) in [7, 11) is 0. The smallest absolute Gasteiger partial charge is 0.261 e. The number of nitrogens with zero attached hydrogens (tertiary/aromatic N) is 3. The predicted molar refractivity (Wildman–Crippen MR) is 127 cm³/mol. The number of halogens is 1. The molecule has 34 heavy (non-hydrogen) atoms. The Morgan fingerprint density at radius 2 is 1.82 bits per heavy atom. The molecule has 172 valence electrons. The molecule has 1 aliphatic rings. The number of carbonyl (C=O) groups is 1. The lowest BCUT2D eigenvalue weighted by molar-refractivity contribution is 0.102. The number of carbonyl (C=O) groups excluding carboxylic acids is 1. The minimum Gasteiger partial charge on any atom is -0.439 e. The molecule has 0 atom stereocenters. The van der Waals surface area contributed by atoms with Crippen LogP contribution in [-0.4, -0.2) is 20.4 Å². The third kappa shape index (κ3) is 4.66. The number of anilines is 1. The maximum atomic E-state index is 13.0. The van der Waals surface area contributed by atoms with E-state index in [1.54, 1.807) is 34.9 Å². The van der Waals surface area contributed by atoms with Gasteiger partial charge in [-0.1, -0.05) is 12.8 Å². The molecule has 0 spiro atoms. The average molecular weight is 458 g/mol. The van der Waals surface area contributed by atoms with E-state index in [1.165, 1.54) is 30.5 Å². The van der Waals surface area contributed by atoms with E-state index in [-0.39, 0.29) is 17.3 Å². The highest BCUT2D eigenvalue weighted by Gasteiger charge is 2.15. The second-order valence-electron chi connectivity index (χ2n) is 8.28. The van der Waals surface area contributed by atoms with Crippen LogP contribution in [0.1, 0.15) is 41.9 Å². The van der Waals surface area contributed by atoms with E-state index in [4.69, 9.17) is 9.72 Å². The molecule has 0 fully saturated rings. The molecule has 1 aliphatic heterocycles. The average Bonchev–Trinajstić information content (AvgIpc) is 2.83. The highest BCUT2D eigenvalue weighted by molar-refractivity contribution is 6.06. The molecule has 1 N–H and O–H groups in total. The highest BCUT2D eigenvalue weighted by atomic mass is 19.1. The maximum Gasteiger partial charge on any atom is 0.261 e. The first-order valence-electron chi connectivity index (χ1n) is 11.3. The number of hydrogen-bond donors (Lipinski definition) is 1. The van der Waals surface area contributed by atoms with E-state index in [2.05, 4.69) is 10.3 Å². The molecule has 5 rings (SSSR count). The summed E-state index contributed by atoms with van der Waals surface area (Å²) in [4.78, 5) is 34.7. The fourth-order valence-electron chi connectivity index (χ4n) is 4.08. The lowest BCUT2D eigenvalue weighted by Gasteiger charge is -2.16. The molecule has 0 unspecified atom stereocenters. The highest BCUT2D eigenvalue weighted by Crippen LogP contribution is 2.21. The number of aryl methyl sites for hydroxylation is 1. The predicted octanol–water partition coefficient (Wildman–Crippen LogP) is 5.09. The number of hydrogen-bond acceptors (Lipinski definition) is 5. The van der Waals surface area contributed by atoms with Crippen molar-refractivity contribution in [3.8, 4) is 11.6 Å². The van der Waals surface area contributed by atoms with Gasteiger partial charge in [-0.05, 0) is 61.4 Å². The number of amides is 1. The van der Waals surface area contributed by atoms with Crippen LogP contribution in [0.3, 0.4) is 0 Å². The second-order valence-corrected chi connectivity index (χ2v) is 8.28. The Hall–Kier alpha value is -4.07. The third-order valence-electron chi connectivity index (χ3n) is 5.86. The Balaban J connectivity index is 1.33. The van der Waals surface area contributed by atoms with Crippen molar-refractivity contribution in [1.29, 1.82) is 0 Å². The van der Waals surface area contributed by atoms with Crippen LogP contribution in [0.25, 0.3) is 10.9 Å². The molecule has 7 nitrogen and oxygen atoms in total. The van der Waals surface area contributed by atoms with Gasteiger partial charge in [-0.25, -0.2) is 14.4 Å². The Bertz CT molecular complexity index is 1400. The van der Waals surface area contributed by atoms with Crippen molar-refractivity contribution in [2.45, 2.75) is 38.6 Å². The van der Waals surface area contributed by atoms with Crippen molar-refractivity contribution in [3.63, 3.8) is 0 Å². The molecule has 4 aromatic rings. The van der Waals surface area contributed by atoms with E-state index in [0.717, 1.165) is 37.9 Å². The fourth-order valence-corrected chi connectivity index (χ4v) is 4.08. The van der Waals surface area contributed by atoms with Crippen LogP contribution in [0.4, 0.5) is 10.1 Å². The summed E-state index contributed by atoms with van der Waals surface area (Å²) in [6, 6.07) is 13.9. The summed E-state index contributed by atoms with van der Waals surface area (Å²) >= 11 is 0. The number of rotatable bonds is 4. The second kappa shape index (κ2) is 9.43. The molecule has 0 bridgehead atoms. The van der Waals surface area contributed by atoms with Gasteiger partial charge in [0.25, 0.3) is 11.5 Å². The number of benzene rings is 2. The SMILES string of the molecule is O=C(Nc1ccc(Oc2ccc(F)cc2)nc1)c1ccc2c(=O)n3c(nc2c1)CCCCCC3. The number of ether oxygens (including phenoxy) is 1. The number of pyridine rings is 1. The molecule has 0 saturated heterocycles. The first-order chi connectivity index (χ1) is 16.6. The largest absolute Gasteiger partial charge is 0.439 e. The van der Waals surface area contributed by atoms with E-state index in [1.807, 2.05) is 0 Å². The van der Waals surface area contributed by atoms with Gasteiger partial charge in [0.1, 0.15) is 17.4 Å². The Morgan fingerprint density at radius 1 is 1.00 bits per heavy atom. The summed E-state index contributed by atoms with van der Waals surface area (Å²) in [5, 5.41) is 3.32.